The fraction of sp³-hybridized carbons (Fsp3) is 0.571. The van der Waals surface area contributed by atoms with Gasteiger partial charge in [-0.3, -0.25) is 0 Å². The van der Waals surface area contributed by atoms with Crippen molar-refractivity contribution in [2.75, 3.05) is 5.73 Å². The summed E-state index contributed by atoms with van der Waals surface area (Å²) in [7, 11) is -3.55. The number of nitrogen functional groups attached to an aromatic ring is 1. The summed E-state index contributed by atoms with van der Waals surface area (Å²) in [4.78, 5) is 0.257. The molecule has 1 aromatic carbocycles. The molecule has 1 aliphatic rings. The van der Waals surface area contributed by atoms with E-state index in [1.54, 1.807) is 19.1 Å². The van der Waals surface area contributed by atoms with Crippen LogP contribution in [0.2, 0.25) is 0 Å². The topological polar surface area (TPSA) is 72.2 Å². The second-order valence-corrected chi connectivity index (χ2v) is 8.77. The molecule has 6 heteroatoms. The lowest BCUT2D eigenvalue weighted by Gasteiger charge is -2.28. The highest BCUT2D eigenvalue weighted by molar-refractivity contribution is 9.10. The predicted octanol–water partition coefficient (Wildman–Crippen LogP) is 3.20. The van der Waals surface area contributed by atoms with Crippen molar-refractivity contribution < 1.29 is 8.42 Å². The monoisotopic (exact) mass is 360 g/mol. The molecule has 112 valence electrons. The number of hydrogen-bond acceptors (Lipinski definition) is 3. The first-order valence-corrected chi connectivity index (χ1v) is 8.99. The van der Waals surface area contributed by atoms with Crippen molar-refractivity contribution in [2.24, 2.45) is 5.41 Å². The number of halogens is 1. The molecule has 0 saturated heterocycles. The molecule has 1 saturated carbocycles. The highest BCUT2D eigenvalue weighted by Gasteiger charge is 2.37. The Labute approximate surface area is 129 Å². The molecule has 0 aromatic heterocycles. The van der Waals surface area contributed by atoms with E-state index >= 15 is 0 Å². The third-order valence-corrected chi connectivity index (χ3v) is 6.26. The molecule has 4 nitrogen and oxygen atoms in total. The fourth-order valence-corrected chi connectivity index (χ4v) is 5.12. The minimum atomic E-state index is -3.55. The van der Waals surface area contributed by atoms with Gasteiger partial charge in [-0.25, -0.2) is 13.1 Å². The molecule has 0 heterocycles. The van der Waals surface area contributed by atoms with E-state index in [2.05, 4.69) is 34.5 Å². The van der Waals surface area contributed by atoms with Crippen LogP contribution in [0.1, 0.15) is 38.7 Å². The summed E-state index contributed by atoms with van der Waals surface area (Å²) >= 11 is 3.30. The molecule has 0 radical (unpaired) electrons. The largest absolute Gasteiger partial charge is 0.398 e. The highest BCUT2D eigenvalue weighted by atomic mass is 79.9. The second kappa shape index (κ2) is 5.31. The highest BCUT2D eigenvalue weighted by Crippen LogP contribution is 2.38. The molecule has 0 amide bonds. The van der Waals surface area contributed by atoms with Crippen LogP contribution in [0.4, 0.5) is 5.69 Å². The van der Waals surface area contributed by atoms with Gasteiger partial charge in [-0.2, -0.15) is 0 Å². The first-order chi connectivity index (χ1) is 9.13. The lowest BCUT2D eigenvalue weighted by atomic mass is 9.88. The van der Waals surface area contributed by atoms with Gasteiger partial charge in [-0.05, 0) is 42.9 Å². The van der Waals surface area contributed by atoms with E-state index in [-0.39, 0.29) is 16.4 Å². The minimum Gasteiger partial charge on any atom is -0.398 e. The number of nitrogens with two attached hydrogens (primary N) is 1. The van der Waals surface area contributed by atoms with Crippen LogP contribution in [0, 0.1) is 12.3 Å². The van der Waals surface area contributed by atoms with Gasteiger partial charge in [0.25, 0.3) is 0 Å². The van der Waals surface area contributed by atoms with Crippen molar-refractivity contribution in [1.82, 2.24) is 4.72 Å². The Morgan fingerprint density at radius 2 is 2.05 bits per heavy atom. The Hall–Kier alpha value is -0.590. The number of benzene rings is 1. The van der Waals surface area contributed by atoms with Crippen LogP contribution in [0.25, 0.3) is 0 Å². The number of sulfonamides is 1. The Bertz CT molecular complexity index is 626. The van der Waals surface area contributed by atoms with Gasteiger partial charge in [0.15, 0.2) is 0 Å². The molecule has 3 N–H and O–H groups in total. The predicted molar refractivity (Wildman–Crippen MR) is 85.0 cm³/mol. The van der Waals surface area contributed by atoms with Gasteiger partial charge in [-0.1, -0.05) is 36.2 Å². The zero-order valence-corrected chi connectivity index (χ0v) is 14.4. The molecule has 1 fully saturated rings. The average Bonchev–Trinajstić information content (AvgIpc) is 2.62. The first kappa shape index (κ1) is 15.8. The zero-order chi connectivity index (χ0) is 15.1. The van der Waals surface area contributed by atoms with Crippen molar-refractivity contribution in [1.29, 1.82) is 0 Å². The summed E-state index contributed by atoms with van der Waals surface area (Å²) in [5, 5.41) is 0. The molecule has 1 aromatic rings. The molecule has 1 aliphatic carbocycles. The Morgan fingerprint density at radius 3 is 2.60 bits per heavy atom. The molecule has 1 atom stereocenters. The second-order valence-electron chi connectivity index (χ2n) is 6.17. The molecule has 1 unspecified atom stereocenters. The maximum Gasteiger partial charge on any atom is 0.241 e. The van der Waals surface area contributed by atoms with Gasteiger partial charge in [0, 0.05) is 16.2 Å². The Balaban J connectivity index is 2.37. The van der Waals surface area contributed by atoms with E-state index in [9.17, 15) is 8.42 Å². The molecule has 20 heavy (non-hydrogen) atoms. The maximum atomic E-state index is 12.6. The van der Waals surface area contributed by atoms with Crippen LogP contribution in [0.5, 0.6) is 0 Å². The Kier molecular flexibility index (Phi) is 4.19. The van der Waals surface area contributed by atoms with Crippen molar-refractivity contribution in [2.45, 2.75) is 51.0 Å². The van der Waals surface area contributed by atoms with Gasteiger partial charge < -0.3 is 5.73 Å². The van der Waals surface area contributed by atoms with Crippen molar-refractivity contribution in [3.63, 3.8) is 0 Å². The van der Waals surface area contributed by atoms with Crippen molar-refractivity contribution in [3.8, 4) is 0 Å². The van der Waals surface area contributed by atoms with Crippen LogP contribution >= 0.6 is 15.9 Å². The average molecular weight is 361 g/mol. The summed E-state index contributed by atoms with van der Waals surface area (Å²) in [5.41, 5.74) is 6.93. The summed E-state index contributed by atoms with van der Waals surface area (Å²) in [6.07, 6.45) is 2.98. The van der Waals surface area contributed by atoms with Crippen molar-refractivity contribution in [3.05, 3.63) is 22.2 Å². The van der Waals surface area contributed by atoms with Gasteiger partial charge in [-0.15, -0.1) is 0 Å². The number of anilines is 1. The number of rotatable bonds is 3. The van der Waals surface area contributed by atoms with Crippen LogP contribution < -0.4 is 10.5 Å². The normalized spacial score (nSPS) is 22.1. The summed E-state index contributed by atoms with van der Waals surface area (Å²) in [6, 6.07) is 3.30. The van der Waals surface area contributed by atoms with Crippen LogP contribution in [0.15, 0.2) is 21.5 Å². The summed E-state index contributed by atoms with van der Waals surface area (Å²) in [6.45, 7) is 5.95. The van der Waals surface area contributed by atoms with E-state index in [0.717, 1.165) is 19.3 Å². The molecule has 0 bridgehead atoms. The van der Waals surface area contributed by atoms with Gasteiger partial charge >= 0.3 is 0 Å². The standard InChI is InChI=1S/C14H21BrN2O2S/c1-9-11(16)7-10(15)8-12(9)20(18,19)17-13-5-4-6-14(13,2)3/h7-8,13,17H,4-6,16H2,1-3H3. The minimum absolute atomic E-state index is 0.00146. The first-order valence-electron chi connectivity index (χ1n) is 6.71. The Morgan fingerprint density at radius 1 is 1.40 bits per heavy atom. The lowest BCUT2D eigenvalue weighted by molar-refractivity contribution is 0.313. The third-order valence-electron chi connectivity index (χ3n) is 4.21. The SMILES string of the molecule is Cc1c(N)cc(Br)cc1S(=O)(=O)NC1CCCC1(C)C. The van der Waals surface area contributed by atoms with Crippen molar-refractivity contribution >= 4 is 31.6 Å². The lowest BCUT2D eigenvalue weighted by Crippen LogP contribution is -2.41. The van der Waals surface area contributed by atoms with E-state index in [0.29, 0.717) is 15.7 Å². The zero-order valence-electron chi connectivity index (χ0n) is 12.0. The molecule has 0 aliphatic heterocycles. The molecule has 0 spiro atoms. The number of nitrogens with one attached hydrogen (secondary N) is 1. The smallest absolute Gasteiger partial charge is 0.241 e. The summed E-state index contributed by atoms with van der Waals surface area (Å²) in [5.74, 6) is 0. The van der Waals surface area contributed by atoms with E-state index in [1.807, 2.05) is 0 Å². The molecular formula is C14H21BrN2O2S. The van der Waals surface area contributed by atoms with Gasteiger partial charge in [0.1, 0.15) is 0 Å². The van der Waals surface area contributed by atoms with E-state index < -0.39 is 10.0 Å². The summed E-state index contributed by atoms with van der Waals surface area (Å²) < 4.78 is 28.8. The quantitative estimate of drug-likeness (QED) is 0.812. The van der Waals surface area contributed by atoms with E-state index in [1.165, 1.54) is 0 Å². The number of hydrogen-bond donors (Lipinski definition) is 2. The third kappa shape index (κ3) is 3.02. The van der Waals surface area contributed by atoms with E-state index in [4.69, 9.17) is 5.73 Å². The maximum absolute atomic E-state index is 12.6. The molecular weight excluding hydrogens is 340 g/mol. The van der Waals surface area contributed by atoms with Crippen LogP contribution in [-0.2, 0) is 10.0 Å². The fourth-order valence-electron chi connectivity index (χ4n) is 2.75. The van der Waals surface area contributed by atoms with Gasteiger partial charge in [0.2, 0.25) is 10.0 Å². The van der Waals surface area contributed by atoms with Crippen LogP contribution in [0.3, 0.4) is 0 Å². The van der Waals surface area contributed by atoms with Crippen LogP contribution in [-0.4, -0.2) is 14.5 Å². The van der Waals surface area contributed by atoms with Gasteiger partial charge in [0.05, 0.1) is 4.90 Å². The molecule has 2 rings (SSSR count).